The topological polar surface area (TPSA) is 38.7 Å². The fourth-order valence-corrected chi connectivity index (χ4v) is 1.63. The quantitative estimate of drug-likeness (QED) is 0.588. The highest BCUT2D eigenvalue weighted by atomic mass is 19.1. The molecule has 3 nitrogen and oxygen atoms in total. The fourth-order valence-electron chi connectivity index (χ4n) is 1.63. The van der Waals surface area contributed by atoms with Gasteiger partial charge in [0.2, 0.25) is 0 Å². The number of aromatic nitrogens is 3. The Morgan fingerprint density at radius 2 is 1.90 bits per heavy atom. The molecule has 0 amide bonds. The molecule has 0 aliphatic rings. The number of halogens is 2. The summed E-state index contributed by atoms with van der Waals surface area (Å²) in [6, 6.07) is 6.64. The molecule has 0 fully saturated rings. The van der Waals surface area contributed by atoms with Gasteiger partial charge in [-0.3, -0.25) is 0 Å². The van der Waals surface area contributed by atoms with Gasteiger partial charge in [-0.2, -0.15) is 0 Å². The van der Waals surface area contributed by atoms with Crippen LogP contribution in [0.25, 0.3) is 11.2 Å². The normalized spacial score (nSPS) is 10.1. The summed E-state index contributed by atoms with van der Waals surface area (Å²) in [5.74, 6) is 4.07. The predicted molar refractivity (Wildman–Crippen MR) is 69.7 cm³/mol. The van der Waals surface area contributed by atoms with Crippen LogP contribution in [-0.2, 0) is 0 Å². The van der Waals surface area contributed by atoms with Gasteiger partial charge in [0.05, 0.1) is 11.8 Å². The summed E-state index contributed by atoms with van der Waals surface area (Å²) in [7, 11) is 0. The molecule has 0 aliphatic carbocycles. The summed E-state index contributed by atoms with van der Waals surface area (Å²) >= 11 is 0. The molecule has 3 rings (SSSR count). The lowest BCUT2D eigenvalue weighted by molar-refractivity contribution is 0.597. The van der Waals surface area contributed by atoms with Gasteiger partial charge in [0.15, 0.2) is 5.65 Å². The first-order valence-corrected chi connectivity index (χ1v) is 5.77. The average Bonchev–Trinajstić information content (AvgIpc) is 2.48. The molecule has 0 N–H and O–H groups in total. The Hall–Kier alpha value is -2.87. The molecule has 96 valence electrons. The summed E-state index contributed by atoms with van der Waals surface area (Å²) in [5, 5.41) is 0. The molecule has 0 unspecified atom stereocenters. The summed E-state index contributed by atoms with van der Waals surface area (Å²) in [5.41, 5.74) is 1.43. The van der Waals surface area contributed by atoms with Crippen molar-refractivity contribution in [3.05, 3.63) is 65.6 Å². The second-order valence-corrected chi connectivity index (χ2v) is 3.98. The van der Waals surface area contributed by atoms with Gasteiger partial charge in [0.25, 0.3) is 0 Å². The maximum atomic E-state index is 13.4. The standard InChI is InChI=1S/C15H7F2N3/c16-11-4-6-13(17)10(8-11)3-5-12-9-19-14-2-1-7-18-15(14)20-12/h1-2,4,6-9H. The molecule has 3 aromatic rings. The summed E-state index contributed by atoms with van der Waals surface area (Å²) < 4.78 is 26.4. The highest BCUT2D eigenvalue weighted by molar-refractivity contribution is 5.69. The van der Waals surface area contributed by atoms with Crippen LogP contribution >= 0.6 is 0 Å². The highest BCUT2D eigenvalue weighted by Crippen LogP contribution is 2.09. The number of fused-ring (bicyclic) bond motifs is 1. The first-order valence-electron chi connectivity index (χ1n) is 5.77. The van der Waals surface area contributed by atoms with E-state index < -0.39 is 11.6 Å². The third-order valence-electron chi connectivity index (χ3n) is 2.57. The number of pyridine rings is 1. The van der Waals surface area contributed by atoms with Gasteiger partial charge in [-0.25, -0.2) is 23.7 Å². The van der Waals surface area contributed by atoms with E-state index in [0.29, 0.717) is 16.9 Å². The fraction of sp³-hybridized carbons (Fsp3) is 0. The number of rotatable bonds is 0. The Labute approximate surface area is 113 Å². The van der Waals surface area contributed by atoms with Crippen LogP contribution in [0.3, 0.4) is 0 Å². The van der Waals surface area contributed by atoms with Crippen molar-refractivity contribution in [2.24, 2.45) is 0 Å². The van der Waals surface area contributed by atoms with Crippen molar-refractivity contribution in [1.29, 1.82) is 0 Å². The first-order chi connectivity index (χ1) is 9.72. The van der Waals surface area contributed by atoms with Crippen LogP contribution in [0, 0.1) is 23.5 Å². The van der Waals surface area contributed by atoms with E-state index in [0.717, 1.165) is 18.2 Å². The molecule has 0 spiro atoms. The smallest absolute Gasteiger partial charge is 0.179 e. The van der Waals surface area contributed by atoms with Crippen LogP contribution in [-0.4, -0.2) is 15.0 Å². The van der Waals surface area contributed by atoms with Crippen molar-refractivity contribution in [2.45, 2.75) is 0 Å². The van der Waals surface area contributed by atoms with Crippen molar-refractivity contribution in [1.82, 2.24) is 15.0 Å². The summed E-state index contributed by atoms with van der Waals surface area (Å²) in [6.45, 7) is 0. The monoisotopic (exact) mass is 267 g/mol. The number of hydrogen-bond donors (Lipinski definition) is 0. The maximum Gasteiger partial charge on any atom is 0.179 e. The van der Waals surface area contributed by atoms with Crippen molar-refractivity contribution < 1.29 is 8.78 Å². The van der Waals surface area contributed by atoms with E-state index in [4.69, 9.17) is 0 Å². The Morgan fingerprint density at radius 3 is 2.80 bits per heavy atom. The van der Waals surface area contributed by atoms with E-state index in [1.54, 1.807) is 18.3 Å². The molecule has 0 aliphatic heterocycles. The molecule has 0 atom stereocenters. The zero-order chi connectivity index (χ0) is 13.9. The van der Waals surface area contributed by atoms with Crippen molar-refractivity contribution in [3.63, 3.8) is 0 Å². The second-order valence-electron chi connectivity index (χ2n) is 3.98. The van der Waals surface area contributed by atoms with E-state index >= 15 is 0 Å². The minimum Gasteiger partial charge on any atom is -0.250 e. The summed E-state index contributed by atoms with van der Waals surface area (Å²) in [6.07, 6.45) is 3.06. The first kappa shape index (κ1) is 12.2. The molecule has 20 heavy (non-hydrogen) atoms. The zero-order valence-corrected chi connectivity index (χ0v) is 10.1. The van der Waals surface area contributed by atoms with Gasteiger partial charge in [0, 0.05) is 6.20 Å². The van der Waals surface area contributed by atoms with Crippen LogP contribution in [0.2, 0.25) is 0 Å². The lowest BCUT2D eigenvalue weighted by Gasteiger charge is -1.95. The third kappa shape index (κ3) is 2.45. The third-order valence-corrected chi connectivity index (χ3v) is 2.57. The molecule has 0 radical (unpaired) electrons. The van der Waals surface area contributed by atoms with Gasteiger partial charge in [0.1, 0.15) is 22.8 Å². The zero-order valence-electron chi connectivity index (χ0n) is 10.1. The van der Waals surface area contributed by atoms with Gasteiger partial charge >= 0.3 is 0 Å². The van der Waals surface area contributed by atoms with Crippen LogP contribution in [0.1, 0.15) is 11.3 Å². The minimum atomic E-state index is -0.578. The molecule has 0 saturated heterocycles. The molecule has 2 heterocycles. The predicted octanol–water partition coefficient (Wildman–Crippen LogP) is 2.70. The van der Waals surface area contributed by atoms with Gasteiger partial charge < -0.3 is 0 Å². The maximum absolute atomic E-state index is 13.4. The van der Waals surface area contributed by atoms with Gasteiger partial charge in [-0.15, -0.1) is 0 Å². The summed E-state index contributed by atoms with van der Waals surface area (Å²) in [4.78, 5) is 12.4. The van der Waals surface area contributed by atoms with E-state index in [-0.39, 0.29) is 5.56 Å². The Bertz CT molecular complexity index is 850. The highest BCUT2D eigenvalue weighted by Gasteiger charge is 2.01. The van der Waals surface area contributed by atoms with Gasteiger partial charge in [-0.1, -0.05) is 5.92 Å². The minimum absolute atomic E-state index is 0.0204. The lowest BCUT2D eigenvalue weighted by Crippen LogP contribution is -1.91. The molecular weight excluding hydrogens is 260 g/mol. The van der Waals surface area contributed by atoms with E-state index in [1.165, 1.54) is 6.20 Å². The van der Waals surface area contributed by atoms with Crippen molar-refractivity contribution >= 4 is 11.2 Å². The van der Waals surface area contributed by atoms with Crippen molar-refractivity contribution in [3.8, 4) is 11.8 Å². The molecule has 0 saturated carbocycles. The largest absolute Gasteiger partial charge is 0.250 e. The number of benzene rings is 1. The molecular formula is C15H7F2N3. The second kappa shape index (κ2) is 5.02. The average molecular weight is 267 g/mol. The molecule has 0 bridgehead atoms. The molecule has 5 heteroatoms. The van der Waals surface area contributed by atoms with Crippen molar-refractivity contribution in [2.75, 3.05) is 0 Å². The van der Waals surface area contributed by atoms with Crippen LogP contribution < -0.4 is 0 Å². The van der Waals surface area contributed by atoms with E-state index in [1.807, 2.05) is 0 Å². The van der Waals surface area contributed by atoms with Gasteiger partial charge in [-0.05, 0) is 36.3 Å². The molecule has 2 aromatic heterocycles. The SMILES string of the molecule is Fc1ccc(F)c(C#Cc2cnc3cccnc3n2)c1. The van der Waals surface area contributed by atoms with E-state index in [9.17, 15) is 8.78 Å². The Morgan fingerprint density at radius 1 is 1.00 bits per heavy atom. The van der Waals surface area contributed by atoms with Crippen LogP contribution in [0.4, 0.5) is 8.78 Å². The van der Waals surface area contributed by atoms with Crippen LogP contribution in [0.5, 0.6) is 0 Å². The Kier molecular flexibility index (Phi) is 3.05. The Balaban J connectivity index is 2.01. The molecule has 1 aromatic carbocycles. The lowest BCUT2D eigenvalue weighted by atomic mass is 10.2. The number of nitrogens with zero attached hydrogens (tertiary/aromatic N) is 3. The van der Waals surface area contributed by atoms with E-state index in [2.05, 4.69) is 26.8 Å². The number of hydrogen-bond acceptors (Lipinski definition) is 3. The van der Waals surface area contributed by atoms with Crippen LogP contribution in [0.15, 0.2) is 42.7 Å².